The lowest BCUT2D eigenvalue weighted by atomic mass is 10.1. The summed E-state index contributed by atoms with van der Waals surface area (Å²) in [6.07, 6.45) is 1.19. The Morgan fingerprint density at radius 1 is 1.09 bits per heavy atom. The Labute approximate surface area is 203 Å². The van der Waals surface area contributed by atoms with Crippen LogP contribution < -0.4 is 20.5 Å². The number of para-hydroxylation sites is 1. The fraction of sp³-hybridized carbons (Fsp3) is 0.0417. The number of nitro groups is 1. The number of benzene rings is 3. The summed E-state index contributed by atoms with van der Waals surface area (Å²) in [6, 6.07) is 18.6. The number of carbonyl (C=O) groups excluding carboxylic acids is 3. The summed E-state index contributed by atoms with van der Waals surface area (Å²) < 4.78 is 5.56. The average Bonchev–Trinajstić information content (AvgIpc) is 3.13. The van der Waals surface area contributed by atoms with Gasteiger partial charge in [-0.15, -0.1) is 0 Å². The van der Waals surface area contributed by atoms with E-state index in [2.05, 4.69) is 10.7 Å². The molecule has 3 aromatic carbocycles. The van der Waals surface area contributed by atoms with E-state index in [1.165, 1.54) is 18.2 Å². The molecule has 0 radical (unpaired) electrons. The second kappa shape index (κ2) is 10.1. The van der Waals surface area contributed by atoms with Crippen molar-refractivity contribution in [1.82, 2.24) is 5.43 Å². The second-order valence-corrected chi connectivity index (χ2v) is 7.73. The maximum absolute atomic E-state index is 12.9. The van der Waals surface area contributed by atoms with Crippen molar-refractivity contribution in [3.8, 4) is 5.75 Å². The summed E-state index contributed by atoms with van der Waals surface area (Å²) >= 11 is 5.83. The van der Waals surface area contributed by atoms with Crippen molar-refractivity contribution in [1.29, 1.82) is 0 Å². The Morgan fingerprint density at radius 2 is 1.80 bits per heavy atom. The second-order valence-electron chi connectivity index (χ2n) is 7.30. The molecule has 2 N–H and O–H groups in total. The predicted molar refractivity (Wildman–Crippen MR) is 129 cm³/mol. The Morgan fingerprint density at radius 3 is 2.49 bits per heavy atom. The molecule has 11 heteroatoms. The molecular weight excluding hydrogens is 476 g/mol. The number of nitro benzene ring substituents is 1. The number of rotatable bonds is 7. The third kappa shape index (κ3) is 5.45. The van der Waals surface area contributed by atoms with Crippen LogP contribution in [0.3, 0.4) is 0 Å². The van der Waals surface area contributed by atoms with Crippen LogP contribution in [0, 0.1) is 10.1 Å². The molecule has 0 unspecified atom stereocenters. The minimum Gasteiger partial charge on any atom is -0.483 e. The number of nitrogens with zero attached hydrogens (tertiary/aromatic N) is 2. The highest BCUT2D eigenvalue weighted by Crippen LogP contribution is 2.29. The molecule has 0 spiro atoms. The topological polar surface area (TPSA) is 131 Å². The highest BCUT2D eigenvalue weighted by Gasteiger charge is 2.34. The van der Waals surface area contributed by atoms with Crippen molar-refractivity contribution in [3.05, 3.63) is 99.1 Å². The molecule has 3 aromatic rings. The zero-order chi connectivity index (χ0) is 24.9. The van der Waals surface area contributed by atoms with Gasteiger partial charge in [0.15, 0.2) is 6.61 Å². The van der Waals surface area contributed by atoms with Gasteiger partial charge in [-0.1, -0.05) is 29.8 Å². The number of carbonyl (C=O) groups is 3. The quantitative estimate of drug-likeness (QED) is 0.224. The molecule has 35 heavy (non-hydrogen) atoms. The van der Waals surface area contributed by atoms with Crippen LogP contribution in [0.4, 0.5) is 17.1 Å². The first-order valence-corrected chi connectivity index (χ1v) is 10.6. The Kier molecular flexibility index (Phi) is 6.74. The molecule has 1 aliphatic heterocycles. The van der Waals surface area contributed by atoms with Gasteiger partial charge in [0, 0.05) is 28.4 Å². The molecule has 10 nitrogen and oxygen atoms in total. The van der Waals surface area contributed by atoms with E-state index in [1.54, 1.807) is 54.6 Å². The van der Waals surface area contributed by atoms with Gasteiger partial charge in [-0.25, -0.2) is 5.01 Å². The first kappa shape index (κ1) is 23.5. The lowest BCUT2D eigenvalue weighted by Gasteiger charge is -2.14. The normalized spacial score (nSPS) is 14.1. The number of non-ortho nitro benzene ring substituents is 1. The van der Waals surface area contributed by atoms with Crippen LogP contribution in [0.25, 0.3) is 6.08 Å². The van der Waals surface area contributed by atoms with E-state index < -0.39 is 29.3 Å². The van der Waals surface area contributed by atoms with Gasteiger partial charge in [0.2, 0.25) is 0 Å². The van der Waals surface area contributed by atoms with Crippen molar-refractivity contribution in [2.75, 3.05) is 16.9 Å². The van der Waals surface area contributed by atoms with E-state index >= 15 is 0 Å². The standard InChI is InChI=1S/C24H17ClN4O6/c25-16-6-8-17(9-7-16)26-22(30)14-35-21-11-10-19(29(33)34)12-15(21)13-20-23(31)27-28(24(20)32)18-4-2-1-3-5-18/h1-13H,14H2,(H,26,30)(H,27,31)/b20-13-. The van der Waals surface area contributed by atoms with Gasteiger partial charge >= 0.3 is 0 Å². The zero-order valence-corrected chi connectivity index (χ0v) is 18.7. The van der Waals surface area contributed by atoms with E-state index in [0.717, 1.165) is 11.1 Å². The summed E-state index contributed by atoms with van der Waals surface area (Å²) in [6.45, 7) is -0.424. The Balaban J connectivity index is 1.57. The largest absolute Gasteiger partial charge is 0.483 e. The van der Waals surface area contributed by atoms with Gasteiger partial charge in [0.25, 0.3) is 23.4 Å². The van der Waals surface area contributed by atoms with Gasteiger partial charge in [0.1, 0.15) is 11.3 Å². The fourth-order valence-electron chi connectivity index (χ4n) is 3.24. The molecule has 176 valence electrons. The van der Waals surface area contributed by atoms with Crippen molar-refractivity contribution >= 4 is 52.5 Å². The molecule has 1 heterocycles. The smallest absolute Gasteiger partial charge is 0.282 e. The van der Waals surface area contributed by atoms with Crippen LogP contribution in [0.1, 0.15) is 5.56 Å². The highest BCUT2D eigenvalue weighted by atomic mass is 35.5. The molecule has 3 amide bonds. The number of amides is 3. The van der Waals surface area contributed by atoms with Crippen molar-refractivity contribution in [2.24, 2.45) is 0 Å². The number of halogens is 1. The van der Waals surface area contributed by atoms with Gasteiger partial charge in [-0.3, -0.25) is 29.9 Å². The maximum Gasteiger partial charge on any atom is 0.282 e. The molecule has 0 saturated carbocycles. The summed E-state index contributed by atoms with van der Waals surface area (Å²) in [4.78, 5) is 48.3. The minimum atomic E-state index is -0.684. The van der Waals surface area contributed by atoms with Crippen molar-refractivity contribution < 1.29 is 24.0 Å². The van der Waals surface area contributed by atoms with Crippen molar-refractivity contribution in [3.63, 3.8) is 0 Å². The molecule has 0 atom stereocenters. The first-order chi connectivity index (χ1) is 16.8. The van der Waals surface area contributed by atoms with Crippen LogP contribution in [0.5, 0.6) is 5.75 Å². The average molecular weight is 493 g/mol. The van der Waals surface area contributed by atoms with E-state index in [-0.39, 0.29) is 22.6 Å². The molecular formula is C24H17ClN4O6. The highest BCUT2D eigenvalue weighted by molar-refractivity contribution is 6.31. The number of ether oxygens (including phenoxy) is 1. The van der Waals surface area contributed by atoms with Crippen LogP contribution in [0.2, 0.25) is 5.02 Å². The van der Waals surface area contributed by atoms with Gasteiger partial charge < -0.3 is 10.1 Å². The van der Waals surface area contributed by atoms with Gasteiger partial charge in [-0.2, -0.15) is 0 Å². The molecule has 0 bridgehead atoms. The van der Waals surface area contributed by atoms with E-state index in [1.807, 2.05) is 0 Å². The van der Waals surface area contributed by atoms with E-state index in [4.69, 9.17) is 16.3 Å². The number of nitrogens with one attached hydrogen (secondary N) is 2. The van der Waals surface area contributed by atoms with Gasteiger partial charge in [-0.05, 0) is 48.5 Å². The maximum atomic E-state index is 12.9. The van der Waals surface area contributed by atoms with E-state index in [9.17, 15) is 24.5 Å². The third-order valence-corrected chi connectivity index (χ3v) is 5.15. The number of hydrazine groups is 1. The molecule has 1 fully saturated rings. The van der Waals surface area contributed by atoms with Crippen LogP contribution >= 0.6 is 11.6 Å². The monoisotopic (exact) mass is 492 g/mol. The molecule has 4 rings (SSSR count). The Hall–Kier alpha value is -4.70. The van der Waals surface area contributed by atoms with Gasteiger partial charge in [0.05, 0.1) is 10.6 Å². The lowest BCUT2D eigenvalue weighted by molar-refractivity contribution is -0.384. The zero-order valence-electron chi connectivity index (χ0n) is 17.9. The third-order valence-electron chi connectivity index (χ3n) is 4.90. The number of hydrogen-bond acceptors (Lipinski definition) is 6. The summed E-state index contributed by atoms with van der Waals surface area (Å²) in [5.74, 6) is -1.74. The predicted octanol–water partition coefficient (Wildman–Crippen LogP) is 3.73. The van der Waals surface area contributed by atoms with Crippen LogP contribution in [-0.4, -0.2) is 29.3 Å². The fourth-order valence-corrected chi connectivity index (χ4v) is 3.37. The molecule has 0 aromatic heterocycles. The summed E-state index contributed by atoms with van der Waals surface area (Å²) in [7, 11) is 0. The van der Waals surface area contributed by atoms with Crippen LogP contribution in [0.15, 0.2) is 78.4 Å². The number of hydrogen-bond donors (Lipinski definition) is 2. The SMILES string of the molecule is O=C(COc1ccc([N+](=O)[O-])cc1/C=C1/C(=O)NN(c2ccccc2)C1=O)Nc1ccc(Cl)cc1. The molecule has 1 saturated heterocycles. The Bertz CT molecular complexity index is 1340. The first-order valence-electron chi connectivity index (χ1n) is 10.2. The summed E-state index contributed by atoms with van der Waals surface area (Å²) in [5.41, 5.74) is 2.97. The lowest BCUT2D eigenvalue weighted by Crippen LogP contribution is -2.35. The van der Waals surface area contributed by atoms with Crippen molar-refractivity contribution in [2.45, 2.75) is 0 Å². The molecule has 1 aliphatic rings. The van der Waals surface area contributed by atoms with Crippen LogP contribution in [-0.2, 0) is 14.4 Å². The minimum absolute atomic E-state index is 0.0770. The number of anilines is 2. The summed E-state index contributed by atoms with van der Waals surface area (Å²) in [5, 5.41) is 15.5. The molecule has 0 aliphatic carbocycles. The van der Waals surface area contributed by atoms with E-state index in [0.29, 0.717) is 16.4 Å².